The molecule has 0 aliphatic heterocycles. The molecule has 0 spiro atoms. The summed E-state index contributed by atoms with van der Waals surface area (Å²) in [4.78, 5) is 17.1. The normalized spacial score (nSPS) is 10.6. The molecule has 1 aromatic heterocycles. The van der Waals surface area contributed by atoms with Crippen LogP contribution in [-0.4, -0.2) is 10.9 Å². The van der Waals surface area contributed by atoms with Crippen LogP contribution in [0.25, 0.3) is 0 Å². The van der Waals surface area contributed by atoms with E-state index < -0.39 is 11.7 Å². The number of amides is 1. The van der Waals surface area contributed by atoms with Crippen LogP contribution in [0.4, 0.5) is 9.52 Å². The van der Waals surface area contributed by atoms with Gasteiger partial charge >= 0.3 is 0 Å². The van der Waals surface area contributed by atoms with Gasteiger partial charge in [0, 0.05) is 27.5 Å². The fraction of sp³-hybridized carbons (Fsp3) is 0.0588. The second-order valence-electron chi connectivity index (χ2n) is 4.98. The summed E-state index contributed by atoms with van der Waals surface area (Å²) in [6.07, 6.45) is 2.20. The van der Waals surface area contributed by atoms with Crippen molar-refractivity contribution in [2.45, 2.75) is 6.42 Å². The molecule has 24 heavy (non-hydrogen) atoms. The Morgan fingerprint density at radius 3 is 2.79 bits per heavy atom. The van der Waals surface area contributed by atoms with E-state index in [0.717, 1.165) is 10.4 Å². The van der Waals surface area contributed by atoms with Crippen molar-refractivity contribution in [2.75, 3.05) is 5.32 Å². The van der Waals surface area contributed by atoms with E-state index in [1.807, 2.05) is 0 Å². The molecule has 0 saturated carbocycles. The van der Waals surface area contributed by atoms with Crippen LogP contribution in [0.5, 0.6) is 0 Å². The second-order valence-corrected chi connectivity index (χ2v) is 6.94. The number of rotatable bonds is 4. The van der Waals surface area contributed by atoms with Gasteiger partial charge in [-0.25, -0.2) is 9.37 Å². The fourth-order valence-corrected chi connectivity index (χ4v) is 3.33. The van der Waals surface area contributed by atoms with Crippen LogP contribution < -0.4 is 5.32 Å². The summed E-state index contributed by atoms with van der Waals surface area (Å²) in [5.41, 5.74) is 0.854. The van der Waals surface area contributed by atoms with Crippen molar-refractivity contribution in [2.24, 2.45) is 0 Å². The van der Waals surface area contributed by atoms with Crippen LogP contribution in [-0.2, 0) is 6.42 Å². The van der Waals surface area contributed by atoms with Crippen LogP contribution in [0.1, 0.15) is 20.8 Å². The molecule has 7 heteroatoms. The van der Waals surface area contributed by atoms with E-state index in [1.165, 1.54) is 29.5 Å². The molecule has 3 aromatic rings. The van der Waals surface area contributed by atoms with E-state index in [-0.39, 0.29) is 5.56 Å². The van der Waals surface area contributed by atoms with Gasteiger partial charge in [0.05, 0.1) is 5.56 Å². The molecular weight excluding hydrogens is 370 g/mol. The van der Waals surface area contributed by atoms with E-state index >= 15 is 0 Å². The molecule has 0 fully saturated rings. The lowest BCUT2D eigenvalue weighted by atomic mass is 10.1. The van der Waals surface area contributed by atoms with Crippen molar-refractivity contribution in [1.29, 1.82) is 0 Å². The van der Waals surface area contributed by atoms with Crippen molar-refractivity contribution in [3.63, 3.8) is 0 Å². The van der Waals surface area contributed by atoms with Crippen LogP contribution in [0, 0.1) is 5.82 Å². The first-order chi connectivity index (χ1) is 11.5. The molecule has 0 radical (unpaired) electrons. The summed E-state index contributed by atoms with van der Waals surface area (Å²) < 4.78 is 13.6. The molecule has 2 aromatic carbocycles. The van der Waals surface area contributed by atoms with Gasteiger partial charge in [-0.05, 0) is 35.9 Å². The number of hydrogen-bond acceptors (Lipinski definition) is 3. The molecule has 1 N–H and O–H groups in total. The summed E-state index contributed by atoms with van der Waals surface area (Å²) in [6, 6.07) is 11.0. The Bertz CT molecular complexity index is 898. The predicted octanol–water partition coefficient (Wildman–Crippen LogP) is 5.43. The Balaban J connectivity index is 1.73. The van der Waals surface area contributed by atoms with Crippen molar-refractivity contribution < 1.29 is 9.18 Å². The minimum Gasteiger partial charge on any atom is -0.298 e. The molecule has 0 bridgehead atoms. The molecule has 0 aliphatic rings. The van der Waals surface area contributed by atoms with E-state index in [4.69, 9.17) is 23.2 Å². The lowest BCUT2D eigenvalue weighted by Gasteiger charge is -2.03. The van der Waals surface area contributed by atoms with Gasteiger partial charge in [-0.1, -0.05) is 35.3 Å². The average Bonchev–Trinajstić information content (AvgIpc) is 2.98. The van der Waals surface area contributed by atoms with Gasteiger partial charge in [0.2, 0.25) is 0 Å². The predicted molar refractivity (Wildman–Crippen MR) is 95.7 cm³/mol. The maximum Gasteiger partial charge on any atom is 0.260 e. The van der Waals surface area contributed by atoms with Gasteiger partial charge in [-0.15, -0.1) is 11.3 Å². The van der Waals surface area contributed by atoms with E-state index in [1.54, 1.807) is 30.5 Å². The topological polar surface area (TPSA) is 42.0 Å². The maximum absolute atomic E-state index is 13.6. The van der Waals surface area contributed by atoms with Crippen molar-refractivity contribution in [1.82, 2.24) is 4.98 Å². The highest BCUT2D eigenvalue weighted by Crippen LogP contribution is 2.27. The minimum absolute atomic E-state index is 0.0212. The molecule has 0 aliphatic carbocycles. The molecule has 0 saturated heterocycles. The van der Waals surface area contributed by atoms with E-state index in [0.29, 0.717) is 21.6 Å². The minimum atomic E-state index is -0.572. The maximum atomic E-state index is 13.6. The third kappa shape index (κ3) is 3.93. The number of benzene rings is 2. The highest BCUT2D eigenvalue weighted by atomic mass is 35.5. The Kier molecular flexibility index (Phi) is 5.14. The number of nitrogens with one attached hydrogen (secondary N) is 1. The summed E-state index contributed by atoms with van der Waals surface area (Å²) in [6.45, 7) is 0. The van der Waals surface area contributed by atoms with Gasteiger partial charge in [0.1, 0.15) is 5.82 Å². The number of carbonyl (C=O) groups is 1. The summed E-state index contributed by atoms with van der Waals surface area (Å²) in [7, 11) is 0. The van der Waals surface area contributed by atoms with Gasteiger partial charge in [0.25, 0.3) is 5.91 Å². The highest BCUT2D eigenvalue weighted by Gasteiger charge is 2.13. The van der Waals surface area contributed by atoms with Crippen molar-refractivity contribution in [3.8, 4) is 0 Å². The molecule has 3 nitrogen and oxygen atoms in total. The molecular formula is C17H11Cl2FN2OS. The van der Waals surface area contributed by atoms with Crippen molar-refractivity contribution in [3.05, 3.63) is 80.5 Å². The van der Waals surface area contributed by atoms with E-state index in [2.05, 4.69) is 10.3 Å². The highest BCUT2D eigenvalue weighted by molar-refractivity contribution is 7.15. The van der Waals surface area contributed by atoms with Crippen molar-refractivity contribution >= 4 is 45.6 Å². The fourth-order valence-electron chi connectivity index (χ4n) is 2.12. The zero-order chi connectivity index (χ0) is 17.1. The summed E-state index contributed by atoms with van der Waals surface area (Å²) in [5, 5.41) is 4.22. The number of halogens is 3. The molecule has 3 rings (SSSR count). The van der Waals surface area contributed by atoms with E-state index in [9.17, 15) is 9.18 Å². The summed E-state index contributed by atoms with van der Waals surface area (Å²) >= 11 is 13.4. The lowest BCUT2D eigenvalue weighted by Crippen LogP contribution is -2.13. The number of thiazole rings is 1. The third-order valence-corrected chi connectivity index (χ3v) is 4.78. The third-order valence-electron chi connectivity index (χ3n) is 3.26. The molecule has 1 heterocycles. The first kappa shape index (κ1) is 16.9. The Labute approximate surface area is 152 Å². The zero-order valence-electron chi connectivity index (χ0n) is 12.2. The zero-order valence-corrected chi connectivity index (χ0v) is 14.6. The van der Waals surface area contributed by atoms with Gasteiger partial charge in [-0.2, -0.15) is 0 Å². The van der Waals surface area contributed by atoms with Gasteiger partial charge in [-0.3, -0.25) is 10.1 Å². The number of anilines is 1. The van der Waals surface area contributed by atoms with Crippen LogP contribution in [0.15, 0.2) is 48.7 Å². The van der Waals surface area contributed by atoms with Crippen LogP contribution >= 0.6 is 34.5 Å². The quantitative estimate of drug-likeness (QED) is 0.655. The van der Waals surface area contributed by atoms with Crippen LogP contribution in [0.2, 0.25) is 10.0 Å². The lowest BCUT2D eigenvalue weighted by molar-refractivity contribution is 0.102. The number of aromatic nitrogens is 1. The number of hydrogen-bond donors (Lipinski definition) is 1. The molecule has 0 unspecified atom stereocenters. The van der Waals surface area contributed by atoms with Crippen LogP contribution in [0.3, 0.4) is 0 Å². The Hall–Kier alpha value is -1.95. The number of nitrogens with zero attached hydrogens (tertiary/aromatic N) is 1. The first-order valence-corrected chi connectivity index (χ1v) is 8.54. The molecule has 0 atom stereocenters. The monoisotopic (exact) mass is 380 g/mol. The standard InChI is InChI=1S/C17H11Cl2FN2OS/c18-11-5-6-14(19)10(7-11)8-12-9-21-17(24-12)22-16(23)13-3-1-2-4-15(13)20/h1-7,9H,8H2,(H,21,22,23). The van der Waals surface area contributed by atoms with Gasteiger partial charge < -0.3 is 0 Å². The first-order valence-electron chi connectivity index (χ1n) is 6.97. The molecule has 122 valence electrons. The Morgan fingerprint density at radius 1 is 1.21 bits per heavy atom. The Morgan fingerprint density at radius 2 is 2.00 bits per heavy atom. The SMILES string of the molecule is O=C(Nc1ncc(Cc2cc(Cl)ccc2Cl)s1)c1ccccc1F. The average molecular weight is 381 g/mol. The second kappa shape index (κ2) is 7.30. The smallest absolute Gasteiger partial charge is 0.260 e. The number of carbonyl (C=O) groups excluding carboxylic acids is 1. The largest absolute Gasteiger partial charge is 0.298 e. The summed E-state index contributed by atoms with van der Waals surface area (Å²) in [5.74, 6) is -1.10. The molecule has 1 amide bonds. The van der Waals surface area contributed by atoms with Gasteiger partial charge in [0.15, 0.2) is 5.13 Å².